The standard InChI is InChI=1S/C21H15NO/c1-2-8-17(9-3-1)18-10-6-7-16(15-18)13-14-21-22-19-11-4-5-12-20(19)23-21/h1-15H/b14-13+. The van der Waals surface area contributed by atoms with Crippen LogP contribution >= 0.6 is 0 Å². The van der Waals surface area contributed by atoms with Gasteiger partial charge in [-0.3, -0.25) is 0 Å². The normalized spacial score (nSPS) is 11.3. The van der Waals surface area contributed by atoms with Crippen LogP contribution < -0.4 is 0 Å². The molecule has 0 fully saturated rings. The van der Waals surface area contributed by atoms with Crippen molar-refractivity contribution < 1.29 is 4.42 Å². The molecule has 0 aliphatic carbocycles. The van der Waals surface area contributed by atoms with Crippen molar-refractivity contribution in [3.8, 4) is 11.1 Å². The fourth-order valence-corrected chi connectivity index (χ4v) is 2.58. The van der Waals surface area contributed by atoms with Gasteiger partial charge in [0.25, 0.3) is 0 Å². The predicted molar refractivity (Wildman–Crippen MR) is 94.8 cm³/mol. The second-order valence-electron chi connectivity index (χ2n) is 5.34. The first-order valence-electron chi connectivity index (χ1n) is 7.58. The molecule has 2 nitrogen and oxygen atoms in total. The van der Waals surface area contributed by atoms with Crippen LogP contribution in [0.1, 0.15) is 11.5 Å². The van der Waals surface area contributed by atoms with Gasteiger partial charge in [-0.15, -0.1) is 0 Å². The molecule has 1 heterocycles. The minimum absolute atomic E-state index is 0.622. The van der Waals surface area contributed by atoms with Gasteiger partial charge < -0.3 is 4.42 Å². The maximum Gasteiger partial charge on any atom is 0.220 e. The number of para-hydroxylation sites is 2. The van der Waals surface area contributed by atoms with Crippen LogP contribution in [0.2, 0.25) is 0 Å². The lowest BCUT2D eigenvalue weighted by atomic mass is 10.0. The van der Waals surface area contributed by atoms with Crippen molar-refractivity contribution in [3.05, 3.63) is 90.3 Å². The SMILES string of the molecule is C(=C\c1nc2ccccc2o1)/c1cccc(-c2ccccc2)c1. The van der Waals surface area contributed by atoms with Crippen molar-refractivity contribution in [1.29, 1.82) is 0 Å². The van der Waals surface area contributed by atoms with Gasteiger partial charge >= 0.3 is 0 Å². The van der Waals surface area contributed by atoms with E-state index in [4.69, 9.17) is 4.42 Å². The van der Waals surface area contributed by atoms with E-state index in [-0.39, 0.29) is 0 Å². The van der Waals surface area contributed by atoms with Gasteiger partial charge in [0.1, 0.15) is 5.52 Å². The molecular formula is C21H15NO. The molecule has 0 aliphatic heterocycles. The number of hydrogen-bond acceptors (Lipinski definition) is 2. The molecule has 4 rings (SSSR count). The average molecular weight is 297 g/mol. The minimum Gasteiger partial charge on any atom is -0.437 e. The first-order valence-corrected chi connectivity index (χ1v) is 7.58. The summed E-state index contributed by atoms with van der Waals surface area (Å²) in [7, 11) is 0. The molecule has 0 saturated heterocycles. The molecule has 2 heteroatoms. The fourth-order valence-electron chi connectivity index (χ4n) is 2.58. The van der Waals surface area contributed by atoms with Gasteiger partial charge in [0.15, 0.2) is 5.58 Å². The number of rotatable bonds is 3. The van der Waals surface area contributed by atoms with Gasteiger partial charge in [0.2, 0.25) is 5.89 Å². The molecule has 0 N–H and O–H groups in total. The summed E-state index contributed by atoms with van der Waals surface area (Å²) in [4.78, 5) is 4.45. The summed E-state index contributed by atoms with van der Waals surface area (Å²) in [5.41, 5.74) is 5.22. The Morgan fingerprint density at radius 3 is 2.35 bits per heavy atom. The number of oxazole rings is 1. The fraction of sp³-hybridized carbons (Fsp3) is 0. The highest BCUT2D eigenvalue weighted by Gasteiger charge is 2.01. The summed E-state index contributed by atoms with van der Waals surface area (Å²) >= 11 is 0. The van der Waals surface area contributed by atoms with E-state index in [1.165, 1.54) is 11.1 Å². The zero-order valence-corrected chi connectivity index (χ0v) is 12.5. The zero-order valence-electron chi connectivity index (χ0n) is 12.5. The van der Waals surface area contributed by atoms with E-state index in [9.17, 15) is 0 Å². The monoisotopic (exact) mass is 297 g/mol. The van der Waals surface area contributed by atoms with Crippen molar-refractivity contribution in [2.75, 3.05) is 0 Å². The van der Waals surface area contributed by atoms with Gasteiger partial charge in [0, 0.05) is 6.08 Å². The topological polar surface area (TPSA) is 26.0 Å². The highest BCUT2D eigenvalue weighted by atomic mass is 16.3. The van der Waals surface area contributed by atoms with E-state index in [0.717, 1.165) is 16.7 Å². The van der Waals surface area contributed by atoms with Crippen LogP contribution in [0, 0.1) is 0 Å². The summed E-state index contributed by atoms with van der Waals surface area (Å²) < 4.78 is 5.71. The molecule has 3 aromatic carbocycles. The maximum atomic E-state index is 5.71. The first-order chi connectivity index (χ1) is 11.4. The van der Waals surface area contributed by atoms with E-state index in [0.29, 0.717) is 5.89 Å². The quantitative estimate of drug-likeness (QED) is 0.487. The van der Waals surface area contributed by atoms with E-state index in [1.54, 1.807) is 0 Å². The third-order valence-corrected chi connectivity index (χ3v) is 3.72. The molecule has 0 amide bonds. The van der Waals surface area contributed by atoms with Gasteiger partial charge in [0.05, 0.1) is 0 Å². The van der Waals surface area contributed by atoms with Gasteiger partial charge in [-0.25, -0.2) is 4.98 Å². The molecule has 0 spiro atoms. The molecule has 23 heavy (non-hydrogen) atoms. The highest BCUT2D eigenvalue weighted by Crippen LogP contribution is 2.21. The maximum absolute atomic E-state index is 5.71. The minimum atomic E-state index is 0.622. The Hall–Kier alpha value is -3.13. The van der Waals surface area contributed by atoms with Gasteiger partial charge in [-0.05, 0) is 41.0 Å². The Morgan fingerprint density at radius 1 is 0.696 bits per heavy atom. The van der Waals surface area contributed by atoms with Crippen molar-refractivity contribution in [3.63, 3.8) is 0 Å². The summed E-state index contributed by atoms with van der Waals surface area (Å²) in [5, 5.41) is 0. The van der Waals surface area contributed by atoms with Crippen LogP contribution in [0.15, 0.2) is 83.3 Å². The molecule has 0 saturated carbocycles. The Kier molecular flexibility index (Phi) is 3.49. The van der Waals surface area contributed by atoms with E-state index in [1.807, 2.05) is 42.5 Å². The molecule has 0 bridgehead atoms. The smallest absolute Gasteiger partial charge is 0.220 e. The lowest BCUT2D eigenvalue weighted by molar-refractivity contribution is 0.590. The third-order valence-electron chi connectivity index (χ3n) is 3.72. The van der Waals surface area contributed by atoms with Crippen molar-refractivity contribution in [2.45, 2.75) is 0 Å². The summed E-state index contributed by atoms with van der Waals surface area (Å²) in [6.07, 6.45) is 3.93. The Morgan fingerprint density at radius 2 is 1.48 bits per heavy atom. The van der Waals surface area contributed by atoms with Crippen LogP contribution in [0.25, 0.3) is 34.4 Å². The largest absolute Gasteiger partial charge is 0.437 e. The average Bonchev–Trinajstić information content (AvgIpc) is 3.04. The number of benzene rings is 3. The van der Waals surface area contributed by atoms with Gasteiger partial charge in [-0.2, -0.15) is 0 Å². The molecular weight excluding hydrogens is 282 g/mol. The van der Waals surface area contributed by atoms with Crippen LogP contribution in [0.4, 0.5) is 0 Å². The predicted octanol–water partition coefficient (Wildman–Crippen LogP) is 5.67. The van der Waals surface area contributed by atoms with Crippen molar-refractivity contribution >= 4 is 23.3 Å². The van der Waals surface area contributed by atoms with E-state index < -0.39 is 0 Å². The Labute approximate surface area is 134 Å². The van der Waals surface area contributed by atoms with Crippen LogP contribution in [0.5, 0.6) is 0 Å². The van der Waals surface area contributed by atoms with Crippen molar-refractivity contribution in [2.24, 2.45) is 0 Å². The summed E-state index contributed by atoms with van der Waals surface area (Å²) in [6.45, 7) is 0. The second-order valence-corrected chi connectivity index (χ2v) is 5.34. The van der Waals surface area contributed by atoms with E-state index in [2.05, 4.69) is 53.5 Å². The number of fused-ring (bicyclic) bond motifs is 1. The lowest BCUT2D eigenvalue weighted by Crippen LogP contribution is -1.79. The number of nitrogens with zero attached hydrogens (tertiary/aromatic N) is 1. The summed E-state index contributed by atoms with van der Waals surface area (Å²) in [6, 6.07) is 26.6. The highest BCUT2D eigenvalue weighted by molar-refractivity contribution is 5.77. The van der Waals surface area contributed by atoms with Gasteiger partial charge in [-0.1, -0.05) is 60.7 Å². The molecule has 0 unspecified atom stereocenters. The Balaban J connectivity index is 1.63. The third kappa shape index (κ3) is 2.92. The first kappa shape index (κ1) is 13.5. The summed E-state index contributed by atoms with van der Waals surface area (Å²) in [5.74, 6) is 0.622. The molecule has 0 atom stereocenters. The zero-order chi connectivity index (χ0) is 15.5. The van der Waals surface area contributed by atoms with Crippen molar-refractivity contribution in [1.82, 2.24) is 4.98 Å². The molecule has 4 aromatic rings. The molecule has 1 aromatic heterocycles. The van der Waals surface area contributed by atoms with Crippen LogP contribution in [-0.2, 0) is 0 Å². The van der Waals surface area contributed by atoms with Crippen LogP contribution in [0.3, 0.4) is 0 Å². The van der Waals surface area contributed by atoms with E-state index >= 15 is 0 Å². The molecule has 0 radical (unpaired) electrons. The van der Waals surface area contributed by atoms with Crippen LogP contribution in [-0.4, -0.2) is 4.98 Å². The number of aromatic nitrogens is 1. The lowest BCUT2D eigenvalue weighted by Gasteiger charge is -2.02. The number of hydrogen-bond donors (Lipinski definition) is 0. The second kappa shape index (κ2) is 5.93. The molecule has 0 aliphatic rings. The molecule has 110 valence electrons. The Bertz CT molecular complexity index is 934.